The summed E-state index contributed by atoms with van der Waals surface area (Å²) in [6.07, 6.45) is 12.1. The van der Waals surface area contributed by atoms with Crippen molar-refractivity contribution in [3.63, 3.8) is 0 Å². The fourth-order valence-corrected chi connectivity index (χ4v) is 7.15. The van der Waals surface area contributed by atoms with Crippen LogP contribution in [0.3, 0.4) is 0 Å². The van der Waals surface area contributed by atoms with Crippen molar-refractivity contribution in [2.45, 2.75) is 71.1 Å². The quantitative estimate of drug-likeness (QED) is 0.793. The van der Waals surface area contributed by atoms with Crippen molar-refractivity contribution in [1.82, 2.24) is 0 Å². The third-order valence-corrected chi connectivity index (χ3v) is 8.29. The molecule has 0 aromatic heterocycles. The molecule has 4 aliphatic rings. The summed E-state index contributed by atoms with van der Waals surface area (Å²) in [7, 11) is 0. The number of rotatable bonds is 1. The highest BCUT2D eigenvalue weighted by atomic mass is 16.3. The van der Waals surface area contributed by atoms with Crippen LogP contribution in [0.5, 0.6) is 0 Å². The highest BCUT2D eigenvalue weighted by Crippen LogP contribution is 2.65. The Kier molecular flexibility index (Phi) is 3.26. The van der Waals surface area contributed by atoms with Gasteiger partial charge in [-0.25, -0.2) is 0 Å². The zero-order valence-electron chi connectivity index (χ0n) is 13.4. The van der Waals surface area contributed by atoms with Crippen LogP contribution < -0.4 is 0 Å². The molecule has 0 bridgehead atoms. The Hall–Kier alpha value is -0.370. The number of hydrogen-bond acceptors (Lipinski definition) is 2. The summed E-state index contributed by atoms with van der Waals surface area (Å²) in [5.74, 6) is 3.34. The number of carbonyl (C=O) groups excluding carboxylic acids is 1. The van der Waals surface area contributed by atoms with E-state index in [0.717, 1.165) is 31.1 Å². The summed E-state index contributed by atoms with van der Waals surface area (Å²) < 4.78 is 0. The lowest BCUT2D eigenvalue weighted by Crippen LogP contribution is -2.55. The Bertz CT molecular complexity index is 445. The molecule has 21 heavy (non-hydrogen) atoms. The third kappa shape index (κ3) is 1.77. The van der Waals surface area contributed by atoms with Crippen LogP contribution in [0.1, 0.15) is 71.1 Å². The van der Waals surface area contributed by atoms with Gasteiger partial charge >= 0.3 is 0 Å². The number of aliphatic hydroxyl groups excluding tert-OH is 1. The van der Waals surface area contributed by atoms with E-state index in [1.54, 1.807) is 0 Å². The molecule has 0 heterocycles. The van der Waals surface area contributed by atoms with Gasteiger partial charge in [0.15, 0.2) is 0 Å². The molecular formula is C19H30O2. The zero-order valence-corrected chi connectivity index (χ0v) is 13.4. The van der Waals surface area contributed by atoms with E-state index >= 15 is 0 Å². The molecule has 2 nitrogen and oxygen atoms in total. The fourth-order valence-electron chi connectivity index (χ4n) is 7.15. The molecule has 0 aromatic rings. The summed E-state index contributed by atoms with van der Waals surface area (Å²) in [4.78, 5) is 12.4. The molecule has 4 unspecified atom stereocenters. The number of hydrogen-bond donors (Lipinski definition) is 1. The molecule has 4 fully saturated rings. The van der Waals surface area contributed by atoms with Crippen LogP contribution >= 0.6 is 0 Å². The van der Waals surface area contributed by atoms with E-state index in [1.807, 2.05) is 0 Å². The predicted molar refractivity (Wildman–Crippen MR) is 82.8 cm³/mol. The molecule has 0 aliphatic heterocycles. The molecule has 0 saturated heterocycles. The maximum absolute atomic E-state index is 12.4. The molecule has 1 N–H and O–H groups in total. The first-order valence-corrected chi connectivity index (χ1v) is 9.26. The Morgan fingerprint density at radius 2 is 1.90 bits per heavy atom. The first-order valence-electron chi connectivity index (χ1n) is 9.26. The van der Waals surface area contributed by atoms with Crippen LogP contribution in [0, 0.1) is 34.5 Å². The first kappa shape index (κ1) is 14.2. The van der Waals surface area contributed by atoms with Gasteiger partial charge in [0, 0.05) is 18.4 Å². The van der Waals surface area contributed by atoms with Crippen LogP contribution in [0.25, 0.3) is 0 Å². The van der Waals surface area contributed by atoms with Crippen molar-refractivity contribution in [2.75, 3.05) is 6.61 Å². The van der Waals surface area contributed by atoms with Crippen LogP contribution in [0.15, 0.2) is 0 Å². The minimum absolute atomic E-state index is 0.0146. The largest absolute Gasteiger partial charge is 0.396 e. The number of fused-ring (bicyclic) bond motifs is 5. The van der Waals surface area contributed by atoms with E-state index < -0.39 is 0 Å². The van der Waals surface area contributed by atoms with Crippen LogP contribution in [-0.2, 0) is 4.79 Å². The first-order chi connectivity index (χ1) is 10.1. The van der Waals surface area contributed by atoms with Gasteiger partial charge in [0.2, 0.25) is 0 Å². The maximum atomic E-state index is 12.4. The Morgan fingerprint density at radius 1 is 1.05 bits per heavy atom. The average molecular weight is 290 g/mol. The molecule has 4 rings (SSSR count). The Morgan fingerprint density at radius 3 is 2.71 bits per heavy atom. The lowest BCUT2D eigenvalue weighted by atomic mass is 9.45. The van der Waals surface area contributed by atoms with E-state index in [4.69, 9.17) is 0 Å². The van der Waals surface area contributed by atoms with Crippen molar-refractivity contribution in [1.29, 1.82) is 0 Å². The van der Waals surface area contributed by atoms with E-state index in [2.05, 4.69) is 6.92 Å². The number of ketones is 1. The van der Waals surface area contributed by atoms with E-state index in [1.165, 1.54) is 44.9 Å². The lowest BCUT2D eigenvalue weighted by Gasteiger charge is -2.60. The van der Waals surface area contributed by atoms with Crippen molar-refractivity contribution in [3.8, 4) is 0 Å². The monoisotopic (exact) mass is 290 g/mol. The van der Waals surface area contributed by atoms with Crippen molar-refractivity contribution in [2.24, 2.45) is 34.5 Å². The van der Waals surface area contributed by atoms with Gasteiger partial charge in [-0.3, -0.25) is 4.79 Å². The lowest BCUT2D eigenvalue weighted by molar-refractivity contribution is -0.147. The van der Waals surface area contributed by atoms with Gasteiger partial charge in [0.05, 0.1) is 0 Å². The molecule has 6 atom stereocenters. The fraction of sp³-hybridized carbons (Fsp3) is 0.947. The molecular weight excluding hydrogens is 260 g/mol. The second kappa shape index (κ2) is 4.81. The van der Waals surface area contributed by atoms with E-state index in [0.29, 0.717) is 24.2 Å². The summed E-state index contributed by atoms with van der Waals surface area (Å²) >= 11 is 0. The topological polar surface area (TPSA) is 37.3 Å². The number of aliphatic hydroxyl groups is 1. The van der Waals surface area contributed by atoms with Gasteiger partial charge < -0.3 is 5.11 Å². The number of carbonyl (C=O) groups is 1. The molecule has 0 radical (unpaired) electrons. The van der Waals surface area contributed by atoms with Crippen molar-refractivity contribution >= 4 is 5.78 Å². The standard InChI is InChI=1S/C19H30O2/c1-18-11-9-16-14(15(18)7-8-17(18)21)6-5-13-4-2-3-10-19(13,16)12-20/h13-16,20H,2-12H2,1H3/t13?,14?,15-,16-,18?,19?/m0/s1. The van der Waals surface area contributed by atoms with Gasteiger partial charge in [0.1, 0.15) is 5.78 Å². The van der Waals surface area contributed by atoms with Crippen LogP contribution in [0.4, 0.5) is 0 Å². The average Bonchev–Trinajstić information content (AvgIpc) is 2.82. The molecule has 0 amide bonds. The molecule has 0 spiro atoms. The van der Waals surface area contributed by atoms with Crippen molar-refractivity contribution < 1.29 is 9.90 Å². The van der Waals surface area contributed by atoms with Crippen LogP contribution in [0.2, 0.25) is 0 Å². The summed E-state index contributed by atoms with van der Waals surface area (Å²) in [5.41, 5.74) is 0.202. The summed E-state index contributed by atoms with van der Waals surface area (Å²) in [5, 5.41) is 10.3. The minimum Gasteiger partial charge on any atom is -0.396 e. The number of Topliss-reactive ketones (excluding diaryl/α,β-unsaturated/α-hetero) is 1. The highest BCUT2D eigenvalue weighted by Gasteiger charge is 2.60. The Labute approximate surface area is 128 Å². The van der Waals surface area contributed by atoms with Gasteiger partial charge in [-0.2, -0.15) is 0 Å². The second-order valence-electron chi connectivity index (χ2n) is 8.71. The minimum atomic E-state index is -0.0146. The van der Waals surface area contributed by atoms with Gasteiger partial charge in [-0.15, -0.1) is 0 Å². The van der Waals surface area contributed by atoms with Gasteiger partial charge in [-0.1, -0.05) is 19.8 Å². The Balaban J connectivity index is 1.68. The molecule has 2 heteroatoms. The smallest absolute Gasteiger partial charge is 0.139 e. The molecule has 0 aromatic carbocycles. The van der Waals surface area contributed by atoms with Crippen LogP contribution in [-0.4, -0.2) is 17.5 Å². The zero-order chi connectivity index (χ0) is 14.7. The second-order valence-corrected chi connectivity index (χ2v) is 8.71. The molecule has 118 valence electrons. The van der Waals surface area contributed by atoms with E-state index in [-0.39, 0.29) is 10.8 Å². The highest BCUT2D eigenvalue weighted by molar-refractivity contribution is 5.87. The molecule has 4 saturated carbocycles. The van der Waals surface area contributed by atoms with Gasteiger partial charge in [0.25, 0.3) is 0 Å². The van der Waals surface area contributed by atoms with E-state index in [9.17, 15) is 9.90 Å². The SMILES string of the molecule is CC12CC[C@H]3C(CCC4CCCCC43CO)[C@@H]1CCC2=O. The molecule has 4 aliphatic carbocycles. The van der Waals surface area contributed by atoms with Crippen molar-refractivity contribution in [3.05, 3.63) is 0 Å². The maximum Gasteiger partial charge on any atom is 0.139 e. The van der Waals surface area contributed by atoms with Gasteiger partial charge in [-0.05, 0) is 74.0 Å². The third-order valence-electron chi connectivity index (χ3n) is 8.29. The summed E-state index contributed by atoms with van der Waals surface area (Å²) in [6, 6.07) is 0. The summed E-state index contributed by atoms with van der Waals surface area (Å²) in [6.45, 7) is 2.65. The predicted octanol–water partition coefficient (Wildman–Crippen LogP) is 3.96. The normalized spacial score (nSPS) is 53.0.